The van der Waals surface area contributed by atoms with Gasteiger partial charge in [-0.25, -0.2) is 4.79 Å². The lowest BCUT2D eigenvalue weighted by Gasteiger charge is -2.27. The van der Waals surface area contributed by atoms with E-state index in [-0.39, 0.29) is 11.9 Å². The van der Waals surface area contributed by atoms with Gasteiger partial charge in [-0.15, -0.1) is 0 Å². The van der Waals surface area contributed by atoms with Gasteiger partial charge in [-0.3, -0.25) is 4.79 Å². The van der Waals surface area contributed by atoms with Gasteiger partial charge in [0, 0.05) is 23.2 Å². The van der Waals surface area contributed by atoms with Gasteiger partial charge in [-0.05, 0) is 49.7 Å². The number of hydrogen-bond donors (Lipinski definition) is 1. The van der Waals surface area contributed by atoms with Crippen LogP contribution < -0.4 is 4.74 Å². The minimum absolute atomic E-state index is 0.0184. The van der Waals surface area contributed by atoms with E-state index in [1.165, 1.54) is 0 Å². The molecule has 1 N–H and O–H groups in total. The molecule has 0 spiro atoms. The Kier molecular flexibility index (Phi) is 6.42. The van der Waals surface area contributed by atoms with Crippen LogP contribution in [-0.2, 0) is 11.3 Å². The van der Waals surface area contributed by atoms with E-state index in [0.29, 0.717) is 22.9 Å². The van der Waals surface area contributed by atoms with Crippen molar-refractivity contribution in [2.24, 2.45) is 0 Å². The lowest BCUT2D eigenvalue weighted by atomic mass is 10.1. The zero-order valence-electron chi connectivity index (χ0n) is 14.1. The number of carboxylic acids is 1. The van der Waals surface area contributed by atoms with E-state index in [9.17, 15) is 9.59 Å². The van der Waals surface area contributed by atoms with Crippen molar-refractivity contribution in [3.05, 3.63) is 64.7 Å². The summed E-state index contributed by atoms with van der Waals surface area (Å²) in [6.45, 7) is 3.85. The maximum Gasteiger partial charge on any atom is 0.341 e. The number of carboxylic acid groups (broad SMARTS) is 1. The monoisotopic (exact) mass is 361 g/mol. The first-order valence-corrected chi connectivity index (χ1v) is 8.24. The fourth-order valence-electron chi connectivity index (χ4n) is 2.35. The van der Waals surface area contributed by atoms with Gasteiger partial charge in [0.05, 0.1) is 0 Å². The average molecular weight is 362 g/mol. The van der Waals surface area contributed by atoms with Gasteiger partial charge < -0.3 is 14.7 Å². The quantitative estimate of drug-likeness (QED) is 0.813. The molecule has 0 heterocycles. The Morgan fingerprint density at radius 1 is 1.16 bits per heavy atom. The predicted molar refractivity (Wildman–Crippen MR) is 96.0 cm³/mol. The van der Waals surface area contributed by atoms with Crippen molar-refractivity contribution < 1.29 is 19.4 Å². The Morgan fingerprint density at radius 3 is 2.52 bits per heavy atom. The third-order valence-corrected chi connectivity index (χ3v) is 3.80. The van der Waals surface area contributed by atoms with Crippen LogP contribution in [0.5, 0.6) is 5.75 Å². The Balaban J connectivity index is 2.19. The van der Waals surface area contributed by atoms with Crippen molar-refractivity contribution in [3.8, 4) is 5.75 Å². The van der Waals surface area contributed by atoms with E-state index in [0.717, 1.165) is 5.56 Å². The molecule has 0 aliphatic heterocycles. The molecule has 0 bridgehead atoms. The van der Waals surface area contributed by atoms with Gasteiger partial charge in [0.25, 0.3) is 5.91 Å². The van der Waals surface area contributed by atoms with Crippen LogP contribution in [0.4, 0.5) is 0 Å². The first-order valence-electron chi connectivity index (χ1n) is 7.87. The number of carbonyl (C=O) groups excluding carboxylic acids is 1. The van der Waals surface area contributed by atoms with Crippen molar-refractivity contribution in [1.82, 2.24) is 4.90 Å². The molecule has 25 heavy (non-hydrogen) atoms. The number of hydrogen-bond acceptors (Lipinski definition) is 3. The lowest BCUT2D eigenvalue weighted by Crippen LogP contribution is -2.36. The number of nitrogens with zero attached hydrogens (tertiary/aromatic N) is 1. The molecule has 0 unspecified atom stereocenters. The van der Waals surface area contributed by atoms with Crippen LogP contribution >= 0.6 is 11.6 Å². The molecule has 1 amide bonds. The van der Waals surface area contributed by atoms with E-state index in [4.69, 9.17) is 21.4 Å². The number of amides is 1. The summed E-state index contributed by atoms with van der Waals surface area (Å²) in [4.78, 5) is 25.2. The van der Waals surface area contributed by atoms with Crippen molar-refractivity contribution in [2.45, 2.75) is 26.4 Å². The van der Waals surface area contributed by atoms with E-state index in [2.05, 4.69) is 0 Å². The van der Waals surface area contributed by atoms with Crippen LogP contribution in [0.3, 0.4) is 0 Å². The highest BCUT2D eigenvalue weighted by Crippen LogP contribution is 2.19. The molecule has 0 aliphatic carbocycles. The molecule has 0 aromatic heterocycles. The van der Waals surface area contributed by atoms with Crippen LogP contribution in [0.25, 0.3) is 0 Å². The van der Waals surface area contributed by atoms with Gasteiger partial charge in [-0.2, -0.15) is 0 Å². The highest BCUT2D eigenvalue weighted by molar-refractivity contribution is 6.30. The summed E-state index contributed by atoms with van der Waals surface area (Å²) < 4.78 is 5.14. The largest absolute Gasteiger partial charge is 0.482 e. The third kappa shape index (κ3) is 5.50. The second-order valence-corrected chi connectivity index (χ2v) is 6.30. The Hall–Kier alpha value is -2.53. The van der Waals surface area contributed by atoms with Crippen molar-refractivity contribution >= 4 is 23.5 Å². The minimum Gasteiger partial charge on any atom is -0.482 e. The summed E-state index contributed by atoms with van der Waals surface area (Å²) >= 11 is 6.02. The van der Waals surface area contributed by atoms with E-state index in [1.807, 2.05) is 32.0 Å². The van der Waals surface area contributed by atoms with Gasteiger partial charge in [0.1, 0.15) is 5.75 Å². The fraction of sp³-hybridized carbons (Fsp3) is 0.263. The Bertz CT molecular complexity index is 761. The summed E-state index contributed by atoms with van der Waals surface area (Å²) in [6, 6.07) is 13.9. The molecule has 2 aromatic rings. The number of halogens is 1. The van der Waals surface area contributed by atoms with Crippen LogP contribution in [0.1, 0.15) is 29.8 Å². The zero-order chi connectivity index (χ0) is 18.4. The maximum absolute atomic E-state index is 12.9. The molecule has 0 saturated carbocycles. The number of carbonyl (C=O) groups is 2. The van der Waals surface area contributed by atoms with Crippen molar-refractivity contribution in [1.29, 1.82) is 0 Å². The highest BCUT2D eigenvalue weighted by Gasteiger charge is 2.20. The summed E-state index contributed by atoms with van der Waals surface area (Å²) in [5.41, 5.74) is 1.38. The molecule has 0 radical (unpaired) electrons. The maximum atomic E-state index is 12.9. The van der Waals surface area contributed by atoms with E-state index >= 15 is 0 Å². The molecular weight excluding hydrogens is 342 g/mol. The molecule has 0 atom stereocenters. The van der Waals surface area contributed by atoms with Crippen LogP contribution in [0.15, 0.2) is 48.5 Å². The summed E-state index contributed by atoms with van der Waals surface area (Å²) in [6.07, 6.45) is 0. The SMILES string of the molecule is CC(C)N(Cc1cccc(Cl)c1)C(=O)c1cccc(OCC(=O)O)c1. The van der Waals surface area contributed by atoms with E-state index < -0.39 is 12.6 Å². The molecule has 0 fully saturated rings. The zero-order valence-corrected chi connectivity index (χ0v) is 14.9. The topological polar surface area (TPSA) is 66.8 Å². The molecule has 6 heteroatoms. The van der Waals surface area contributed by atoms with Crippen LogP contribution in [-0.4, -0.2) is 34.5 Å². The summed E-state index contributed by atoms with van der Waals surface area (Å²) in [5.74, 6) is -0.878. The fourth-order valence-corrected chi connectivity index (χ4v) is 2.56. The third-order valence-electron chi connectivity index (χ3n) is 3.57. The summed E-state index contributed by atoms with van der Waals surface area (Å²) in [5, 5.41) is 9.31. The predicted octanol–water partition coefficient (Wildman–Crippen LogP) is 3.85. The number of ether oxygens (including phenoxy) is 1. The highest BCUT2D eigenvalue weighted by atomic mass is 35.5. The van der Waals surface area contributed by atoms with Gasteiger partial charge in [-0.1, -0.05) is 29.8 Å². The Morgan fingerprint density at radius 2 is 1.88 bits per heavy atom. The van der Waals surface area contributed by atoms with Crippen LogP contribution in [0, 0.1) is 0 Å². The van der Waals surface area contributed by atoms with Crippen molar-refractivity contribution in [2.75, 3.05) is 6.61 Å². The van der Waals surface area contributed by atoms with Gasteiger partial charge in [0.15, 0.2) is 6.61 Å². The smallest absolute Gasteiger partial charge is 0.341 e. The average Bonchev–Trinajstić information content (AvgIpc) is 2.57. The number of benzene rings is 2. The molecule has 2 rings (SSSR count). The normalized spacial score (nSPS) is 10.6. The minimum atomic E-state index is -1.07. The number of rotatable bonds is 7. The molecule has 2 aromatic carbocycles. The first-order chi connectivity index (χ1) is 11.9. The molecular formula is C19H20ClNO4. The standard InChI is InChI=1S/C19H20ClNO4/c1-13(2)21(11-14-5-3-7-16(20)9-14)19(24)15-6-4-8-17(10-15)25-12-18(22)23/h3-10,13H,11-12H2,1-2H3,(H,22,23). The van der Waals surface area contributed by atoms with Crippen LogP contribution in [0.2, 0.25) is 5.02 Å². The molecule has 0 saturated heterocycles. The van der Waals surface area contributed by atoms with Gasteiger partial charge in [0.2, 0.25) is 0 Å². The Labute approximate surface area is 151 Å². The lowest BCUT2D eigenvalue weighted by molar-refractivity contribution is -0.139. The van der Waals surface area contributed by atoms with Crippen molar-refractivity contribution in [3.63, 3.8) is 0 Å². The second kappa shape index (κ2) is 8.53. The summed E-state index contributed by atoms with van der Waals surface area (Å²) in [7, 11) is 0. The molecule has 0 aliphatic rings. The molecule has 5 nitrogen and oxygen atoms in total. The number of aliphatic carboxylic acids is 1. The van der Waals surface area contributed by atoms with E-state index in [1.54, 1.807) is 35.2 Å². The van der Waals surface area contributed by atoms with Gasteiger partial charge >= 0.3 is 5.97 Å². The second-order valence-electron chi connectivity index (χ2n) is 5.87. The molecule has 132 valence electrons. The first kappa shape index (κ1) is 18.8.